The lowest BCUT2D eigenvalue weighted by atomic mass is 9.81. The number of nitro groups is 1. The van der Waals surface area contributed by atoms with Gasteiger partial charge in [0.25, 0.3) is 6.17 Å². The van der Waals surface area contributed by atoms with Gasteiger partial charge in [-0.3, -0.25) is 15.4 Å². The van der Waals surface area contributed by atoms with Crippen molar-refractivity contribution in [2.24, 2.45) is 0 Å². The van der Waals surface area contributed by atoms with Gasteiger partial charge in [0, 0.05) is 23.5 Å². The zero-order valence-electron chi connectivity index (χ0n) is 11.0. The van der Waals surface area contributed by atoms with Crippen molar-refractivity contribution >= 4 is 11.8 Å². The Morgan fingerprint density at radius 2 is 2.25 bits per heavy atom. The molecular formula is C13H15N3O4. The fraction of sp³-hybridized carbons (Fsp3) is 0.462. The summed E-state index contributed by atoms with van der Waals surface area (Å²) in [5.41, 5.74) is 0.596. The minimum atomic E-state index is -0.900. The third kappa shape index (κ3) is 1.90. The first kappa shape index (κ1) is 12.9. The SMILES string of the molecule is CN1CCC2(CC1[N+](=O)[O-])OC(=O)Nc1ccccc12. The standard InChI is InChI=1S/C13H15N3O4/c1-15-7-6-13(8-11(15)16(18)19)9-4-2-3-5-10(9)14-12(17)20-13/h2-5,11H,6-8H2,1H3,(H,14,17). The molecular weight excluding hydrogens is 262 g/mol. The number of carbonyl (C=O) groups excluding carboxylic acids is 1. The normalized spacial score (nSPS) is 29.4. The number of ether oxygens (including phenoxy) is 1. The molecule has 2 aliphatic heterocycles. The number of para-hydroxylation sites is 1. The second-order valence-electron chi connectivity index (χ2n) is 5.26. The Morgan fingerprint density at radius 3 is 3.00 bits per heavy atom. The predicted molar refractivity (Wildman–Crippen MR) is 70.9 cm³/mol. The fourth-order valence-electron chi connectivity index (χ4n) is 2.99. The summed E-state index contributed by atoms with van der Waals surface area (Å²) in [6.45, 7) is 0.507. The van der Waals surface area contributed by atoms with E-state index in [-0.39, 0.29) is 11.3 Å². The number of nitrogens with zero attached hydrogens (tertiary/aromatic N) is 2. The summed E-state index contributed by atoms with van der Waals surface area (Å²) in [4.78, 5) is 24.3. The number of benzene rings is 1. The van der Waals surface area contributed by atoms with E-state index in [0.29, 0.717) is 18.7 Å². The van der Waals surface area contributed by atoms with Crippen molar-refractivity contribution in [3.05, 3.63) is 39.9 Å². The van der Waals surface area contributed by atoms with E-state index in [0.717, 1.165) is 5.56 Å². The van der Waals surface area contributed by atoms with Crippen LogP contribution in [0.25, 0.3) is 0 Å². The van der Waals surface area contributed by atoms with E-state index in [2.05, 4.69) is 5.32 Å². The zero-order valence-corrected chi connectivity index (χ0v) is 11.0. The van der Waals surface area contributed by atoms with E-state index in [1.165, 1.54) is 0 Å². The quantitative estimate of drug-likeness (QED) is 0.624. The summed E-state index contributed by atoms with van der Waals surface area (Å²) >= 11 is 0. The van der Waals surface area contributed by atoms with Gasteiger partial charge >= 0.3 is 6.09 Å². The van der Waals surface area contributed by atoms with Gasteiger partial charge < -0.3 is 4.74 Å². The van der Waals surface area contributed by atoms with E-state index < -0.39 is 17.9 Å². The molecule has 106 valence electrons. The monoisotopic (exact) mass is 277 g/mol. The Kier molecular flexibility index (Phi) is 2.86. The molecule has 1 spiro atoms. The number of carbonyl (C=O) groups is 1. The van der Waals surface area contributed by atoms with Crippen LogP contribution in [0.2, 0.25) is 0 Å². The number of anilines is 1. The first-order valence-electron chi connectivity index (χ1n) is 6.45. The molecule has 0 saturated carbocycles. The lowest BCUT2D eigenvalue weighted by Gasteiger charge is -2.43. The minimum absolute atomic E-state index is 0.168. The molecule has 1 aromatic rings. The van der Waals surface area contributed by atoms with Crippen LogP contribution in [-0.2, 0) is 10.3 Å². The first-order valence-corrected chi connectivity index (χ1v) is 6.45. The lowest BCUT2D eigenvalue weighted by Crippen LogP contribution is -2.54. The van der Waals surface area contributed by atoms with Crippen LogP contribution in [0.15, 0.2) is 24.3 Å². The average Bonchev–Trinajstić information content (AvgIpc) is 2.41. The number of fused-ring (bicyclic) bond motifs is 2. The highest BCUT2D eigenvalue weighted by Crippen LogP contribution is 2.44. The van der Waals surface area contributed by atoms with E-state index >= 15 is 0 Å². The molecule has 0 bridgehead atoms. The summed E-state index contributed by atoms with van der Waals surface area (Å²) in [7, 11) is 1.72. The molecule has 0 aliphatic carbocycles. The van der Waals surface area contributed by atoms with Crippen LogP contribution in [0.5, 0.6) is 0 Å². The molecule has 1 amide bonds. The van der Waals surface area contributed by atoms with E-state index in [1.807, 2.05) is 18.2 Å². The molecule has 2 heterocycles. The molecule has 3 rings (SSSR count). The molecule has 0 radical (unpaired) electrons. The average molecular weight is 277 g/mol. The van der Waals surface area contributed by atoms with Crippen LogP contribution in [-0.4, -0.2) is 35.7 Å². The van der Waals surface area contributed by atoms with Gasteiger partial charge in [0.1, 0.15) is 0 Å². The van der Waals surface area contributed by atoms with Gasteiger partial charge in [-0.15, -0.1) is 0 Å². The van der Waals surface area contributed by atoms with Crippen molar-refractivity contribution in [2.45, 2.75) is 24.6 Å². The second-order valence-corrected chi connectivity index (χ2v) is 5.26. The Bertz CT molecular complexity index is 576. The molecule has 1 saturated heterocycles. The van der Waals surface area contributed by atoms with Crippen molar-refractivity contribution in [1.82, 2.24) is 4.90 Å². The van der Waals surface area contributed by atoms with E-state index in [4.69, 9.17) is 4.74 Å². The number of piperidine rings is 1. The van der Waals surface area contributed by atoms with Crippen LogP contribution >= 0.6 is 0 Å². The number of nitrogens with one attached hydrogen (secondary N) is 1. The van der Waals surface area contributed by atoms with Crippen LogP contribution in [0, 0.1) is 10.1 Å². The topological polar surface area (TPSA) is 84.7 Å². The Morgan fingerprint density at radius 1 is 1.50 bits per heavy atom. The predicted octanol–water partition coefficient (Wildman–Crippen LogP) is 1.77. The van der Waals surface area contributed by atoms with Gasteiger partial charge in [-0.05, 0) is 13.1 Å². The second kappa shape index (κ2) is 4.45. The van der Waals surface area contributed by atoms with Gasteiger partial charge in [0.2, 0.25) is 0 Å². The first-order chi connectivity index (χ1) is 9.52. The smallest absolute Gasteiger partial charge is 0.412 e. The van der Waals surface area contributed by atoms with Gasteiger partial charge in [-0.25, -0.2) is 9.69 Å². The molecule has 7 nitrogen and oxygen atoms in total. The summed E-state index contributed by atoms with van der Waals surface area (Å²) in [6.07, 6.45) is -0.669. The van der Waals surface area contributed by atoms with E-state index in [1.54, 1.807) is 18.0 Å². The largest absolute Gasteiger partial charge is 0.437 e. The molecule has 1 fully saturated rings. The number of likely N-dealkylation sites (tertiary alicyclic amines) is 1. The summed E-state index contributed by atoms with van der Waals surface area (Å²) < 4.78 is 5.49. The van der Waals surface area contributed by atoms with Crippen molar-refractivity contribution in [2.75, 3.05) is 18.9 Å². The van der Waals surface area contributed by atoms with Gasteiger partial charge in [-0.1, -0.05) is 18.2 Å². The number of amides is 1. The molecule has 0 aromatic heterocycles. The molecule has 2 aliphatic rings. The summed E-state index contributed by atoms with van der Waals surface area (Å²) in [5, 5.41) is 13.8. The maximum Gasteiger partial charge on any atom is 0.412 e. The molecule has 2 unspecified atom stereocenters. The van der Waals surface area contributed by atoms with Crippen molar-refractivity contribution in [3.63, 3.8) is 0 Å². The Balaban J connectivity index is 2.04. The molecule has 1 N–H and O–H groups in total. The van der Waals surface area contributed by atoms with Gasteiger partial charge in [0.05, 0.1) is 12.1 Å². The molecule has 2 atom stereocenters. The molecule has 20 heavy (non-hydrogen) atoms. The van der Waals surface area contributed by atoms with Crippen LogP contribution in [0.3, 0.4) is 0 Å². The van der Waals surface area contributed by atoms with Crippen molar-refractivity contribution in [3.8, 4) is 0 Å². The highest BCUT2D eigenvalue weighted by Gasteiger charge is 2.50. The van der Waals surface area contributed by atoms with Crippen molar-refractivity contribution in [1.29, 1.82) is 0 Å². The van der Waals surface area contributed by atoms with Crippen LogP contribution < -0.4 is 5.32 Å². The minimum Gasteiger partial charge on any atom is -0.437 e. The third-order valence-corrected chi connectivity index (χ3v) is 4.08. The number of hydrogen-bond donors (Lipinski definition) is 1. The molecule has 7 heteroatoms. The maximum absolute atomic E-state index is 11.7. The fourth-order valence-corrected chi connectivity index (χ4v) is 2.99. The highest BCUT2D eigenvalue weighted by molar-refractivity contribution is 5.88. The Labute approximate surface area is 115 Å². The van der Waals surface area contributed by atoms with E-state index in [9.17, 15) is 14.9 Å². The summed E-state index contributed by atoms with van der Waals surface area (Å²) in [5.74, 6) is 0. The van der Waals surface area contributed by atoms with Gasteiger partial charge in [-0.2, -0.15) is 0 Å². The number of rotatable bonds is 1. The number of hydrogen-bond acceptors (Lipinski definition) is 5. The summed E-state index contributed by atoms with van der Waals surface area (Å²) in [6, 6.07) is 7.31. The third-order valence-electron chi connectivity index (χ3n) is 4.08. The maximum atomic E-state index is 11.7. The Hall–Kier alpha value is -2.15. The highest BCUT2D eigenvalue weighted by atomic mass is 16.6. The van der Waals surface area contributed by atoms with Crippen LogP contribution in [0.4, 0.5) is 10.5 Å². The van der Waals surface area contributed by atoms with Crippen LogP contribution in [0.1, 0.15) is 18.4 Å². The molecule has 1 aromatic carbocycles. The lowest BCUT2D eigenvalue weighted by molar-refractivity contribution is -0.557. The zero-order chi connectivity index (χ0) is 14.3. The van der Waals surface area contributed by atoms with Crippen molar-refractivity contribution < 1.29 is 14.5 Å². The van der Waals surface area contributed by atoms with Gasteiger partial charge in [0.15, 0.2) is 5.60 Å².